The van der Waals surface area contributed by atoms with Crippen LogP contribution in [-0.2, 0) is 10.0 Å². The van der Waals surface area contributed by atoms with Crippen molar-refractivity contribution in [1.29, 1.82) is 0 Å². The highest BCUT2D eigenvalue weighted by molar-refractivity contribution is 7.99. The summed E-state index contributed by atoms with van der Waals surface area (Å²) in [5, 5.41) is -0.326. The van der Waals surface area contributed by atoms with Crippen molar-refractivity contribution in [3.8, 4) is 0 Å². The number of halogens is 3. The van der Waals surface area contributed by atoms with Gasteiger partial charge in [-0.05, 0) is 30.7 Å². The zero-order chi connectivity index (χ0) is 18.0. The normalized spacial score (nSPS) is 19.6. The minimum atomic E-state index is -3.77. The minimum absolute atomic E-state index is 0.0340. The molecular weight excluding hydrogens is 388 g/mol. The first kappa shape index (κ1) is 18.6. The van der Waals surface area contributed by atoms with Gasteiger partial charge in [0.1, 0.15) is 11.6 Å². The zero-order valence-electron chi connectivity index (χ0n) is 13.2. The van der Waals surface area contributed by atoms with Crippen LogP contribution in [-0.4, -0.2) is 31.6 Å². The minimum Gasteiger partial charge on any atom is -0.207 e. The fourth-order valence-electron chi connectivity index (χ4n) is 2.76. The SMILES string of the molecule is O=S(=O)(c1ccc(F)c(Cl)c1)N1CCSC(c2ccccc2F)CC1. The first-order chi connectivity index (χ1) is 11.9. The highest BCUT2D eigenvalue weighted by atomic mass is 35.5. The molecule has 0 aromatic heterocycles. The van der Waals surface area contributed by atoms with Crippen molar-refractivity contribution in [1.82, 2.24) is 4.31 Å². The lowest BCUT2D eigenvalue weighted by atomic mass is 10.1. The third-order valence-corrected chi connectivity index (χ3v) is 7.58. The van der Waals surface area contributed by atoms with E-state index in [2.05, 4.69) is 0 Å². The van der Waals surface area contributed by atoms with Gasteiger partial charge < -0.3 is 0 Å². The standard InChI is InChI=1S/C17H16ClF2NO2S2/c18-14-11-12(5-6-16(14)20)25(22,23)21-8-7-17(24-10-9-21)13-3-1-2-4-15(13)19/h1-6,11,17H,7-10H2. The van der Waals surface area contributed by atoms with Crippen LogP contribution in [0, 0.1) is 11.6 Å². The lowest BCUT2D eigenvalue weighted by Crippen LogP contribution is -2.33. The van der Waals surface area contributed by atoms with Crippen molar-refractivity contribution in [2.75, 3.05) is 18.8 Å². The number of hydrogen-bond donors (Lipinski definition) is 0. The number of rotatable bonds is 3. The maximum atomic E-state index is 14.0. The van der Waals surface area contributed by atoms with E-state index in [1.54, 1.807) is 18.2 Å². The van der Waals surface area contributed by atoms with Gasteiger partial charge in [-0.2, -0.15) is 16.1 Å². The van der Waals surface area contributed by atoms with Crippen LogP contribution in [0.15, 0.2) is 47.4 Å². The maximum absolute atomic E-state index is 14.0. The molecule has 134 valence electrons. The third-order valence-electron chi connectivity index (χ3n) is 4.08. The van der Waals surface area contributed by atoms with Gasteiger partial charge in [0.2, 0.25) is 10.0 Å². The molecule has 3 rings (SSSR count). The molecule has 0 saturated carbocycles. The second-order valence-corrected chi connectivity index (χ2v) is 9.31. The Morgan fingerprint density at radius 2 is 1.84 bits per heavy atom. The summed E-state index contributed by atoms with van der Waals surface area (Å²) in [6.07, 6.45) is 0.500. The molecule has 1 heterocycles. The van der Waals surface area contributed by atoms with Crippen molar-refractivity contribution in [2.24, 2.45) is 0 Å². The fourth-order valence-corrected chi connectivity index (χ4v) is 5.86. The van der Waals surface area contributed by atoms with Crippen molar-refractivity contribution < 1.29 is 17.2 Å². The Labute approximate surface area is 155 Å². The van der Waals surface area contributed by atoms with E-state index >= 15 is 0 Å². The second-order valence-electron chi connectivity index (χ2n) is 5.65. The topological polar surface area (TPSA) is 37.4 Å². The molecule has 0 spiro atoms. The summed E-state index contributed by atoms with van der Waals surface area (Å²) >= 11 is 7.25. The zero-order valence-corrected chi connectivity index (χ0v) is 15.6. The second kappa shape index (κ2) is 7.61. The van der Waals surface area contributed by atoms with Gasteiger partial charge in [0, 0.05) is 29.7 Å². The molecule has 1 fully saturated rings. The van der Waals surface area contributed by atoms with E-state index in [-0.39, 0.29) is 27.5 Å². The predicted molar refractivity (Wildman–Crippen MR) is 96.4 cm³/mol. The van der Waals surface area contributed by atoms with Gasteiger partial charge in [0.15, 0.2) is 0 Å². The molecule has 0 N–H and O–H groups in total. The molecule has 0 bridgehead atoms. The molecule has 0 radical (unpaired) electrons. The number of thioether (sulfide) groups is 1. The van der Waals surface area contributed by atoms with Crippen LogP contribution < -0.4 is 0 Å². The van der Waals surface area contributed by atoms with Gasteiger partial charge in [-0.15, -0.1) is 0 Å². The van der Waals surface area contributed by atoms with Gasteiger partial charge in [0.05, 0.1) is 9.92 Å². The van der Waals surface area contributed by atoms with Crippen LogP contribution in [0.25, 0.3) is 0 Å². The summed E-state index contributed by atoms with van der Waals surface area (Å²) in [7, 11) is -3.77. The molecule has 2 aromatic carbocycles. The Bertz CT molecular complexity index is 877. The lowest BCUT2D eigenvalue weighted by molar-refractivity contribution is 0.427. The highest BCUT2D eigenvalue weighted by Gasteiger charge is 2.29. The smallest absolute Gasteiger partial charge is 0.207 e. The first-order valence-electron chi connectivity index (χ1n) is 7.71. The largest absolute Gasteiger partial charge is 0.243 e. The Balaban J connectivity index is 1.80. The molecule has 1 saturated heterocycles. The Kier molecular flexibility index (Phi) is 5.68. The molecule has 1 aliphatic rings. The molecule has 2 aromatic rings. The van der Waals surface area contributed by atoms with Crippen LogP contribution >= 0.6 is 23.4 Å². The lowest BCUT2D eigenvalue weighted by Gasteiger charge is -2.20. The molecule has 8 heteroatoms. The Morgan fingerprint density at radius 1 is 1.08 bits per heavy atom. The molecule has 1 unspecified atom stereocenters. The number of nitrogens with zero attached hydrogens (tertiary/aromatic N) is 1. The van der Waals surface area contributed by atoms with E-state index < -0.39 is 15.8 Å². The quantitative estimate of drug-likeness (QED) is 0.757. The number of benzene rings is 2. The van der Waals surface area contributed by atoms with Gasteiger partial charge in [-0.25, -0.2) is 17.2 Å². The van der Waals surface area contributed by atoms with Gasteiger partial charge in [0.25, 0.3) is 0 Å². The highest BCUT2D eigenvalue weighted by Crippen LogP contribution is 2.36. The summed E-state index contributed by atoms with van der Waals surface area (Å²) in [5.41, 5.74) is 0.594. The Hall–Kier alpha value is -1.15. The molecule has 25 heavy (non-hydrogen) atoms. The van der Waals surface area contributed by atoms with Crippen LogP contribution in [0.4, 0.5) is 8.78 Å². The molecule has 1 atom stereocenters. The van der Waals surface area contributed by atoms with Crippen LogP contribution in [0.5, 0.6) is 0 Å². The predicted octanol–water partition coefficient (Wildman–Crippen LogP) is 4.49. The van der Waals surface area contributed by atoms with E-state index in [1.165, 1.54) is 28.2 Å². The summed E-state index contributed by atoms with van der Waals surface area (Å²) in [5.74, 6) is -0.388. The van der Waals surface area contributed by atoms with E-state index in [4.69, 9.17) is 11.6 Å². The number of hydrogen-bond acceptors (Lipinski definition) is 3. The molecule has 0 aliphatic carbocycles. The Morgan fingerprint density at radius 3 is 2.56 bits per heavy atom. The fraction of sp³-hybridized carbons (Fsp3) is 0.294. The van der Waals surface area contributed by atoms with Crippen molar-refractivity contribution in [2.45, 2.75) is 16.6 Å². The van der Waals surface area contributed by atoms with Crippen molar-refractivity contribution in [3.05, 3.63) is 64.7 Å². The van der Waals surface area contributed by atoms with Crippen molar-refractivity contribution >= 4 is 33.4 Å². The average molecular weight is 404 g/mol. The summed E-state index contributed by atoms with van der Waals surface area (Å²) in [6, 6.07) is 9.94. The van der Waals surface area contributed by atoms with E-state index in [9.17, 15) is 17.2 Å². The van der Waals surface area contributed by atoms with E-state index in [0.717, 1.165) is 12.1 Å². The molecule has 3 nitrogen and oxygen atoms in total. The van der Waals surface area contributed by atoms with Crippen molar-refractivity contribution in [3.63, 3.8) is 0 Å². The van der Waals surface area contributed by atoms with E-state index in [0.29, 0.717) is 24.3 Å². The monoisotopic (exact) mass is 403 g/mol. The average Bonchev–Trinajstić information content (AvgIpc) is 2.84. The summed E-state index contributed by atoms with van der Waals surface area (Å²) in [4.78, 5) is -0.0340. The number of sulfonamides is 1. The maximum Gasteiger partial charge on any atom is 0.243 e. The first-order valence-corrected chi connectivity index (χ1v) is 10.6. The summed E-state index contributed by atoms with van der Waals surface area (Å²) < 4.78 is 54.2. The third kappa shape index (κ3) is 4.00. The van der Waals surface area contributed by atoms with Gasteiger partial charge >= 0.3 is 0 Å². The van der Waals surface area contributed by atoms with Gasteiger partial charge in [-0.3, -0.25) is 0 Å². The van der Waals surface area contributed by atoms with Crippen LogP contribution in [0.3, 0.4) is 0 Å². The summed E-state index contributed by atoms with van der Waals surface area (Å²) in [6.45, 7) is 0.580. The molecule has 0 amide bonds. The van der Waals surface area contributed by atoms with Crippen LogP contribution in [0.1, 0.15) is 17.2 Å². The van der Waals surface area contributed by atoms with E-state index in [1.807, 2.05) is 0 Å². The van der Waals surface area contributed by atoms with Crippen LogP contribution in [0.2, 0.25) is 5.02 Å². The van der Waals surface area contributed by atoms with Gasteiger partial charge in [-0.1, -0.05) is 29.8 Å². The molecular formula is C17H16ClF2NO2S2. The molecule has 1 aliphatic heterocycles.